The summed E-state index contributed by atoms with van der Waals surface area (Å²) < 4.78 is 2.13. The zero-order valence-electron chi connectivity index (χ0n) is 11.3. The average Bonchev–Trinajstić information content (AvgIpc) is 2.74. The van der Waals surface area contributed by atoms with Crippen molar-refractivity contribution in [1.82, 2.24) is 9.55 Å². The lowest BCUT2D eigenvalue weighted by Gasteiger charge is -1.96. The van der Waals surface area contributed by atoms with Gasteiger partial charge in [-0.15, -0.1) is 0 Å². The van der Waals surface area contributed by atoms with E-state index in [-0.39, 0.29) is 0 Å². The summed E-state index contributed by atoms with van der Waals surface area (Å²) in [6.45, 7) is 2.15. The first-order valence-electron chi connectivity index (χ1n) is 6.64. The second-order valence-corrected chi connectivity index (χ2v) is 4.69. The molecule has 19 heavy (non-hydrogen) atoms. The summed E-state index contributed by atoms with van der Waals surface area (Å²) >= 11 is 0. The van der Waals surface area contributed by atoms with Gasteiger partial charge in [-0.1, -0.05) is 37.0 Å². The molecule has 2 nitrogen and oxygen atoms in total. The number of fused-ring (bicyclic) bond motifs is 3. The fourth-order valence-electron chi connectivity index (χ4n) is 2.45. The maximum atomic E-state index is 4.50. The highest BCUT2D eigenvalue weighted by Crippen LogP contribution is 2.28. The first-order valence-corrected chi connectivity index (χ1v) is 6.64. The van der Waals surface area contributed by atoms with Gasteiger partial charge in [0.15, 0.2) is 0 Å². The van der Waals surface area contributed by atoms with E-state index in [0.29, 0.717) is 0 Å². The number of hydrogen-bond donors (Lipinski definition) is 0. The van der Waals surface area contributed by atoms with Crippen molar-refractivity contribution in [1.29, 1.82) is 0 Å². The number of para-hydroxylation sites is 1. The predicted molar refractivity (Wildman–Crippen MR) is 80.0 cm³/mol. The number of benzene rings is 1. The molecule has 3 aromatic rings. The first kappa shape index (κ1) is 11.8. The van der Waals surface area contributed by atoms with Crippen LogP contribution < -0.4 is 0 Å². The van der Waals surface area contributed by atoms with Crippen molar-refractivity contribution in [2.24, 2.45) is 7.05 Å². The Morgan fingerprint density at radius 1 is 1.21 bits per heavy atom. The van der Waals surface area contributed by atoms with Gasteiger partial charge in [-0.3, -0.25) is 0 Å². The van der Waals surface area contributed by atoms with Gasteiger partial charge in [0.2, 0.25) is 0 Å². The molecule has 0 aliphatic carbocycles. The van der Waals surface area contributed by atoms with Gasteiger partial charge in [-0.2, -0.15) is 0 Å². The number of pyridine rings is 1. The third-order valence-electron chi connectivity index (χ3n) is 3.38. The lowest BCUT2D eigenvalue weighted by Crippen LogP contribution is -1.89. The second-order valence-electron chi connectivity index (χ2n) is 4.69. The third kappa shape index (κ3) is 1.88. The number of aromatic nitrogens is 2. The van der Waals surface area contributed by atoms with Gasteiger partial charge in [0.25, 0.3) is 0 Å². The zero-order valence-corrected chi connectivity index (χ0v) is 11.3. The molecule has 0 saturated carbocycles. The van der Waals surface area contributed by atoms with Crippen LogP contribution in [0.3, 0.4) is 0 Å². The summed E-state index contributed by atoms with van der Waals surface area (Å²) in [6, 6.07) is 10.4. The molecule has 1 aromatic carbocycles. The summed E-state index contributed by atoms with van der Waals surface area (Å²) in [5, 5.41) is 2.40. The van der Waals surface area contributed by atoms with Gasteiger partial charge >= 0.3 is 0 Å². The van der Waals surface area contributed by atoms with Crippen molar-refractivity contribution in [3.8, 4) is 11.8 Å². The molecule has 0 amide bonds. The Balaban J connectivity index is 2.36. The average molecular weight is 248 g/mol. The van der Waals surface area contributed by atoms with Crippen LogP contribution >= 0.6 is 0 Å². The highest BCUT2D eigenvalue weighted by atomic mass is 15.0. The van der Waals surface area contributed by atoms with Crippen molar-refractivity contribution in [3.63, 3.8) is 0 Å². The molecule has 0 aliphatic rings. The summed E-state index contributed by atoms with van der Waals surface area (Å²) in [6.07, 6.45) is 3.88. The molecule has 2 aromatic heterocycles. The lowest BCUT2D eigenvalue weighted by atomic mass is 10.1. The largest absolute Gasteiger partial charge is 0.328 e. The predicted octanol–water partition coefficient (Wildman–Crippen LogP) is 3.88. The van der Waals surface area contributed by atoms with Gasteiger partial charge in [0.1, 0.15) is 5.65 Å². The molecule has 2 heterocycles. The van der Waals surface area contributed by atoms with Crippen molar-refractivity contribution < 1.29 is 0 Å². The van der Waals surface area contributed by atoms with E-state index in [0.717, 1.165) is 24.1 Å². The molecule has 94 valence electrons. The van der Waals surface area contributed by atoms with Gasteiger partial charge < -0.3 is 4.57 Å². The Kier molecular flexibility index (Phi) is 2.97. The normalized spacial score (nSPS) is 10.6. The monoisotopic (exact) mass is 248 g/mol. The van der Waals surface area contributed by atoms with Crippen LogP contribution in [-0.2, 0) is 7.05 Å². The molecule has 0 bridgehead atoms. The van der Waals surface area contributed by atoms with E-state index in [1.807, 2.05) is 12.3 Å². The topological polar surface area (TPSA) is 17.8 Å². The Bertz CT molecular complexity index is 800. The van der Waals surface area contributed by atoms with Crippen molar-refractivity contribution in [3.05, 3.63) is 42.1 Å². The number of nitrogens with zero attached hydrogens (tertiary/aromatic N) is 2. The maximum absolute atomic E-state index is 4.50. The Labute approximate surface area is 113 Å². The molecule has 0 unspecified atom stereocenters. The molecule has 0 atom stereocenters. The molecule has 0 saturated heterocycles. The zero-order chi connectivity index (χ0) is 13.2. The van der Waals surface area contributed by atoms with E-state index in [1.165, 1.54) is 16.3 Å². The fraction of sp³-hybridized carbons (Fsp3) is 0.235. The van der Waals surface area contributed by atoms with Gasteiger partial charge in [0.05, 0.1) is 5.52 Å². The summed E-state index contributed by atoms with van der Waals surface area (Å²) in [4.78, 5) is 4.50. The molecule has 0 N–H and O–H groups in total. The highest BCUT2D eigenvalue weighted by Gasteiger charge is 2.10. The minimum absolute atomic E-state index is 0.939. The van der Waals surface area contributed by atoms with E-state index < -0.39 is 0 Å². The summed E-state index contributed by atoms with van der Waals surface area (Å²) in [7, 11) is 2.06. The number of aryl methyl sites for hydroxylation is 1. The smallest absolute Gasteiger partial charge is 0.141 e. The van der Waals surface area contributed by atoms with Crippen LogP contribution in [0.5, 0.6) is 0 Å². The highest BCUT2D eigenvalue weighted by molar-refractivity contribution is 6.09. The van der Waals surface area contributed by atoms with Gasteiger partial charge in [0, 0.05) is 36.0 Å². The molecule has 0 fully saturated rings. The Morgan fingerprint density at radius 2 is 2.05 bits per heavy atom. The van der Waals surface area contributed by atoms with Crippen molar-refractivity contribution >= 4 is 21.9 Å². The van der Waals surface area contributed by atoms with Crippen LogP contribution in [0.15, 0.2) is 36.5 Å². The molecular weight excluding hydrogens is 232 g/mol. The van der Waals surface area contributed by atoms with E-state index in [9.17, 15) is 0 Å². The molecule has 3 rings (SSSR count). The minimum atomic E-state index is 0.939. The van der Waals surface area contributed by atoms with E-state index in [4.69, 9.17) is 0 Å². The number of unbranched alkanes of at least 4 members (excludes halogenated alkanes) is 1. The molecular formula is C17H16N2. The SMILES string of the molecule is CCCC#Cc1ccnc2c1c1ccccc1n2C. The Morgan fingerprint density at radius 3 is 2.89 bits per heavy atom. The molecule has 0 aliphatic heterocycles. The van der Waals surface area contributed by atoms with Crippen LogP contribution in [-0.4, -0.2) is 9.55 Å². The van der Waals surface area contributed by atoms with E-state index in [2.05, 4.69) is 59.6 Å². The first-order chi connectivity index (χ1) is 9.33. The van der Waals surface area contributed by atoms with Gasteiger partial charge in [-0.05, 0) is 18.6 Å². The quantitative estimate of drug-likeness (QED) is 0.598. The van der Waals surface area contributed by atoms with Crippen LogP contribution in [0, 0.1) is 11.8 Å². The third-order valence-corrected chi connectivity index (χ3v) is 3.38. The second kappa shape index (κ2) is 4.78. The van der Waals surface area contributed by atoms with E-state index >= 15 is 0 Å². The number of hydrogen-bond acceptors (Lipinski definition) is 1. The minimum Gasteiger partial charge on any atom is -0.328 e. The molecule has 0 radical (unpaired) electrons. The van der Waals surface area contributed by atoms with Crippen molar-refractivity contribution in [2.75, 3.05) is 0 Å². The standard InChI is InChI=1S/C17H16N2/c1-3-4-5-8-13-11-12-18-17-16(13)14-9-6-7-10-15(14)19(17)2/h6-7,9-12H,3-4H2,1-2H3. The summed E-state index contributed by atoms with van der Waals surface area (Å²) in [5.41, 5.74) is 3.29. The van der Waals surface area contributed by atoms with Crippen LogP contribution in [0.1, 0.15) is 25.3 Å². The van der Waals surface area contributed by atoms with Crippen LogP contribution in [0.4, 0.5) is 0 Å². The maximum Gasteiger partial charge on any atom is 0.141 e. The Hall–Kier alpha value is -2.27. The fourth-order valence-corrected chi connectivity index (χ4v) is 2.45. The number of rotatable bonds is 1. The molecule has 2 heteroatoms. The van der Waals surface area contributed by atoms with E-state index in [1.54, 1.807) is 0 Å². The lowest BCUT2D eigenvalue weighted by molar-refractivity contribution is 0.983. The van der Waals surface area contributed by atoms with Crippen molar-refractivity contribution in [2.45, 2.75) is 19.8 Å². The van der Waals surface area contributed by atoms with Crippen LogP contribution in [0.2, 0.25) is 0 Å². The van der Waals surface area contributed by atoms with Gasteiger partial charge in [-0.25, -0.2) is 4.98 Å². The molecule has 0 spiro atoms. The summed E-state index contributed by atoms with van der Waals surface area (Å²) in [5.74, 6) is 6.52. The van der Waals surface area contributed by atoms with Crippen LogP contribution in [0.25, 0.3) is 21.9 Å².